The van der Waals surface area contributed by atoms with E-state index in [0.717, 1.165) is 37.5 Å². The Morgan fingerprint density at radius 2 is 1.96 bits per heavy atom. The van der Waals surface area contributed by atoms with Crippen LogP contribution >= 0.6 is 12.4 Å². The van der Waals surface area contributed by atoms with E-state index in [4.69, 9.17) is 4.74 Å². The number of aromatic nitrogens is 2. The number of piperazine rings is 1. The van der Waals surface area contributed by atoms with E-state index >= 15 is 0 Å². The van der Waals surface area contributed by atoms with Gasteiger partial charge < -0.3 is 15.0 Å². The van der Waals surface area contributed by atoms with Crippen molar-refractivity contribution in [2.24, 2.45) is 0 Å². The van der Waals surface area contributed by atoms with E-state index in [-0.39, 0.29) is 18.3 Å². The van der Waals surface area contributed by atoms with Gasteiger partial charge in [-0.15, -0.1) is 12.4 Å². The second kappa shape index (κ2) is 7.99. The molecular weight excluding hydrogens is 316 g/mol. The van der Waals surface area contributed by atoms with Crippen LogP contribution < -0.4 is 10.1 Å². The minimum absolute atomic E-state index is 0. The Morgan fingerprint density at radius 1 is 1.26 bits per heavy atom. The van der Waals surface area contributed by atoms with E-state index < -0.39 is 0 Å². The van der Waals surface area contributed by atoms with Crippen molar-refractivity contribution in [2.45, 2.75) is 6.54 Å². The van der Waals surface area contributed by atoms with Gasteiger partial charge in [0.1, 0.15) is 5.75 Å². The molecule has 2 heterocycles. The molecule has 1 saturated heterocycles. The molecule has 6 nitrogen and oxygen atoms in total. The summed E-state index contributed by atoms with van der Waals surface area (Å²) in [6.07, 6.45) is 3.46. The Hall–Kier alpha value is -2.05. The van der Waals surface area contributed by atoms with Gasteiger partial charge in [0.05, 0.1) is 25.4 Å². The molecule has 7 heteroatoms. The molecule has 3 rings (SSSR count). The Kier molecular flexibility index (Phi) is 6.01. The number of amides is 1. The number of nitrogens with one attached hydrogen (secondary N) is 1. The molecule has 0 bridgehead atoms. The number of halogens is 1. The predicted octanol–water partition coefficient (Wildman–Crippen LogP) is 1.41. The van der Waals surface area contributed by atoms with E-state index in [1.54, 1.807) is 18.0 Å². The summed E-state index contributed by atoms with van der Waals surface area (Å²) in [5.41, 5.74) is 1.76. The molecule has 1 aliphatic heterocycles. The maximum absolute atomic E-state index is 12.4. The topological polar surface area (TPSA) is 59.4 Å². The Morgan fingerprint density at radius 3 is 2.61 bits per heavy atom. The van der Waals surface area contributed by atoms with Crippen LogP contribution in [0.4, 0.5) is 0 Å². The molecule has 1 amide bonds. The quantitative estimate of drug-likeness (QED) is 0.917. The van der Waals surface area contributed by atoms with Crippen molar-refractivity contribution in [1.82, 2.24) is 20.0 Å². The van der Waals surface area contributed by atoms with Crippen LogP contribution in [-0.2, 0) is 6.54 Å². The summed E-state index contributed by atoms with van der Waals surface area (Å²) in [6, 6.07) is 7.84. The van der Waals surface area contributed by atoms with Crippen molar-refractivity contribution < 1.29 is 9.53 Å². The van der Waals surface area contributed by atoms with Crippen LogP contribution in [0.15, 0.2) is 36.7 Å². The lowest BCUT2D eigenvalue weighted by Crippen LogP contribution is -2.46. The second-order valence-corrected chi connectivity index (χ2v) is 5.32. The monoisotopic (exact) mass is 336 g/mol. The summed E-state index contributed by atoms with van der Waals surface area (Å²) < 4.78 is 6.93. The van der Waals surface area contributed by atoms with Crippen molar-refractivity contribution >= 4 is 18.3 Å². The van der Waals surface area contributed by atoms with Gasteiger partial charge in [0.25, 0.3) is 5.91 Å². The molecule has 124 valence electrons. The summed E-state index contributed by atoms with van der Waals surface area (Å²) >= 11 is 0. The van der Waals surface area contributed by atoms with Crippen LogP contribution in [0.1, 0.15) is 15.9 Å². The van der Waals surface area contributed by atoms with E-state index in [0.29, 0.717) is 12.1 Å². The number of benzene rings is 1. The number of hydrogen-bond donors (Lipinski definition) is 1. The average Bonchev–Trinajstić information content (AvgIpc) is 3.04. The highest BCUT2D eigenvalue weighted by Gasteiger charge is 2.19. The number of carbonyl (C=O) groups excluding carboxylic acids is 1. The summed E-state index contributed by atoms with van der Waals surface area (Å²) in [4.78, 5) is 14.2. The molecule has 0 radical (unpaired) electrons. The van der Waals surface area contributed by atoms with Crippen LogP contribution in [0.5, 0.6) is 5.75 Å². The zero-order chi connectivity index (χ0) is 15.4. The zero-order valence-corrected chi connectivity index (χ0v) is 13.9. The predicted molar refractivity (Wildman–Crippen MR) is 90.3 cm³/mol. The van der Waals surface area contributed by atoms with Gasteiger partial charge in [-0.3, -0.25) is 9.48 Å². The van der Waals surface area contributed by atoms with E-state index in [1.807, 2.05) is 35.4 Å². The van der Waals surface area contributed by atoms with Gasteiger partial charge in [0.2, 0.25) is 0 Å². The summed E-state index contributed by atoms with van der Waals surface area (Å²) in [7, 11) is 1.65. The molecule has 0 saturated carbocycles. The van der Waals surface area contributed by atoms with Crippen LogP contribution in [0, 0.1) is 0 Å². The van der Waals surface area contributed by atoms with Crippen molar-refractivity contribution in [3.63, 3.8) is 0 Å². The molecule has 1 aliphatic rings. The first kappa shape index (κ1) is 17.3. The number of rotatable bonds is 4. The van der Waals surface area contributed by atoms with Crippen molar-refractivity contribution in [2.75, 3.05) is 33.3 Å². The van der Waals surface area contributed by atoms with Crippen molar-refractivity contribution in [3.05, 3.63) is 47.8 Å². The lowest BCUT2D eigenvalue weighted by Gasteiger charge is -2.26. The lowest BCUT2D eigenvalue weighted by atomic mass is 10.2. The molecule has 1 N–H and O–H groups in total. The van der Waals surface area contributed by atoms with Crippen molar-refractivity contribution in [3.8, 4) is 5.75 Å². The molecule has 23 heavy (non-hydrogen) atoms. The fraction of sp³-hybridized carbons (Fsp3) is 0.375. The minimum Gasteiger partial charge on any atom is -0.497 e. The molecule has 0 atom stereocenters. The third-order valence-electron chi connectivity index (χ3n) is 3.79. The van der Waals surface area contributed by atoms with Gasteiger partial charge in [-0.05, 0) is 17.7 Å². The fourth-order valence-electron chi connectivity index (χ4n) is 2.53. The van der Waals surface area contributed by atoms with Gasteiger partial charge in [-0.2, -0.15) is 5.10 Å². The molecule has 0 spiro atoms. The number of carbonyl (C=O) groups is 1. The molecule has 2 aromatic rings. The first-order valence-electron chi connectivity index (χ1n) is 7.41. The largest absolute Gasteiger partial charge is 0.497 e. The van der Waals surface area contributed by atoms with Gasteiger partial charge in [0, 0.05) is 32.4 Å². The fourth-order valence-corrected chi connectivity index (χ4v) is 2.53. The number of methoxy groups -OCH3 is 1. The van der Waals surface area contributed by atoms with Gasteiger partial charge in [-0.1, -0.05) is 12.1 Å². The van der Waals surface area contributed by atoms with E-state index in [2.05, 4.69) is 10.4 Å². The minimum atomic E-state index is 0. The first-order chi connectivity index (χ1) is 10.8. The maximum atomic E-state index is 12.4. The average molecular weight is 337 g/mol. The third-order valence-corrected chi connectivity index (χ3v) is 3.79. The van der Waals surface area contributed by atoms with Crippen LogP contribution in [-0.4, -0.2) is 53.9 Å². The van der Waals surface area contributed by atoms with Crippen molar-refractivity contribution in [1.29, 1.82) is 0 Å². The Bertz CT molecular complexity index is 636. The van der Waals surface area contributed by atoms with Crippen LogP contribution in [0.2, 0.25) is 0 Å². The summed E-state index contributed by atoms with van der Waals surface area (Å²) in [5, 5.41) is 7.54. The third kappa shape index (κ3) is 4.24. The highest BCUT2D eigenvalue weighted by atomic mass is 35.5. The summed E-state index contributed by atoms with van der Waals surface area (Å²) in [6.45, 7) is 3.85. The number of nitrogens with zero attached hydrogens (tertiary/aromatic N) is 3. The highest BCUT2D eigenvalue weighted by molar-refractivity contribution is 5.93. The van der Waals surface area contributed by atoms with Crippen LogP contribution in [0.25, 0.3) is 0 Å². The molecule has 0 unspecified atom stereocenters. The van der Waals surface area contributed by atoms with Crippen LogP contribution in [0.3, 0.4) is 0 Å². The standard InChI is InChI=1S/C16H20N4O2.ClH/c1-22-15-4-2-13(3-5-15)11-20-12-14(10-18-20)16(21)19-8-6-17-7-9-19;/h2-5,10,12,17H,6-9,11H2,1H3;1H. The second-order valence-electron chi connectivity index (χ2n) is 5.32. The van der Waals surface area contributed by atoms with Gasteiger partial charge in [-0.25, -0.2) is 0 Å². The SMILES string of the molecule is COc1ccc(Cn2cc(C(=O)N3CCNCC3)cn2)cc1.Cl. The zero-order valence-electron chi connectivity index (χ0n) is 13.1. The molecule has 1 fully saturated rings. The smallest absolute Gasteiger partial charge is 0.257 e. The molecule has 1 aromatic carbocycles. The normalized spacial score (nSPS) is 14.2. The van der Waals surface area contributed by atoms with E-state index in [1.165, 1.54) is 0 Å². The van der Waals surface area contributed by atoms with Gasteiger partial charge >= 0.3 is 0 Å². The number of ether oxygens (including phenoxy) is 1. The number of hydrogen-bond acceptors (Lipinski definition) is 4. The Labute approximate surface area is 141 Å². The highest BCUT2D eigenvalue weighted by Crippen LogP contribution is 2.13. The summed E-state index contributed by atoms with van der Waals surface area (Å²) in [5.74, 6) is 0.890. The van der Waals surface area contributed by atoms with Gasteiger partial charge in [0.15, 0.2) is 0 Å². The van der Waals surface area contributed by atoms with E-state index in [9.17, 15) is 4.79 Å². The Balaban J connectivity index is 0.00000192. The molecule has 0 aliphatic carbocycles. The first-order valence-corrected chi connectivity index (χ1v) is 7.41. The maximum Gasteiger partial charge on any atom is 0.257 e. The molecular formula is C16H21ClN4O2. The molecule has 1 aromatic heterocycles. The lowest BCUT2D eigenvalue weighted by molar-refractivity contribution is 0.0735.